The zero-order chi connectivity index (χ0) is 23.5. The van der Waals surface area contributed by atoms with Crippen molar-refractivity contribution in [3.63, 3.8) is 0 Å². The number of H-pyrrole nitrogens is 1. The van der Waals surface area contributed by atoms with E-state index in [1.54, 1.807) is 12.1 Å². The Balaban J connectivity index is 1.47. The highest BCUT2D eigenvalue weighted by Gasteiger charge is 2.23. The van der Waals surface area contributed by atoms with Crippen LogP contribution >= 0.6 is 0 Å². The number of hydrogen-bond acceptors (Lipinski definition) is 5. The SMILES string of the molecule is Cc1cc(C(=O)COC(=O)c2c[nH]c3cccc([N+](=O)[O-])c23)c(C)n1CCc1ccccc1. The first-order valence-corrected chi connectivity index (χ1v) is 10.5. The molecule has 0 unspecified atom stereocenters. The number of nitro benzene ring substituents is 1. The number of fused-ring (bicyclic) bond motifs is 1. The van der Waals surface area contributed by atoms with Crippen LogP contribution in [0.3, 0.4) is 0 Å². The Bertz CT molecular complexity index is 1350. The van der Waals surface area contributed by atoms with Gasteiger partial charge >= 0.3 is 5.97 Å². The molecule has 0 saturated heterocycles. The van der Waals surface area contributed by atoms with Crippen LogP contribution in [0.15, 0.2) is 60.8 Å². The molecule has 8 nitrogen and oxygen atoms in total. The summed E-state index contributed by atoms with van der Waals surface area (Å²) >= 11 is 0. The van der Waals surface area contributed by atoms with Crippen molar-refractivity contribution in [3.8, 4) is 0 Å². The van der Waals surface area contributed by atoms with Gasteiger partial charge in [-0.15, -0.1) is 0 Å². The summed E-state index contributed by atoms with van der Waals surface area (Å²) in [7, 11) is 0. The lowest BCUT2D eigenvalue weighted by molar-refractivity contribution is -0.383. The third-order valence-electron chi connectivity index (χ3n) is 5.78. The fourth-order valence-electron chi connectivity index (χ4n) is 4.08. The van der Waals surface area contributed by atoms with E-state index in [2.05, 4.69) is 21.7 Å². The van der Waals surface area contributed by atoms with Gasteiger partial charge in [0.05, 0.1) is 21.4 Å². The molecule has 4 aromatic rings. The van der Waals surface area contributed by atoms with Gasteiger partial charge in [-0.2, -0.15) is 0 Å². The summed E-state index contributed by atoms with van der Waals surface area (Å²) in [6.45, 7) is 4.09. The Morgan fingerprint density at radius 3 is 2.55 bits per heavy atom. The molecule has 2 aromatic carbocycles. The van der Waals surface area contributed by atoms with Crippen LogP contribution in [0.5, 0.6) is 0 Å². The summed E-state index contributed by atoms with van der Waals surface area (Å²) in [5.74, 6) is -1.11. The lowest BCUT2D eigenvalue weighted by Gasteiger charge is -2.10. The van der Waals surface area contributed by atoms with E-state index in [4.69, 9.17) is 4.74 Å². The first-order chi connectivity index (χ1) is 15.9. The van der Waals surface area contributed by atoms with Gasteiger partial charge in [0.2, 0.25) is 5.78 Å². The van der Waals surface area contributed by atoms with Crippen molar-refractivity contribution in [3.05, 3.63) is 99.0 Å². The highest BCUT2D eigenvalue weighted by molar-refractivity contribution is 6.08. The van der Waals surface area contributed by atoms with Gasteiger partial charge in [-0.3, -0.25) is 14.9 Å². The van der Waals surface area contributed by atoms with E-state index >= 15 is 0 Å². The van der Waals surface area contributed by atoms with Crippen molar-refractivity contribution in [1.82, 2.24) is 9.55 Å². The normalized spacial score (nSPS) is 11.0. The number of aromatic amines is 1. The van der Waals surface area contributed by atoms with Crippen molar-refractivity contribution < 1.29 is 19.2 Å². The van der Waals surface area contributed by atoms with Crippen LogP contribution < -0.4 is 0 Å². The number of carbonyl (C=O) groups excluding carboxylic acids is 2. The van der Waals surface area contributed by atoms with E-state index in [-0.39, 0.29) is 22.4 Å². The number of nitrogens with zero attached hydrogens (tertiary/aromatic N) is 2. The number of Topliss-reactive ketones (excluding diaryl/α,β-unsaturated/α-hetero) is 1. The Labute approximate surface area is 189 Å². The lowest BCUT2D eigenvalue weighted by atomic mass is 10.1. The number of nitrogens with one attached hydrogen (secondary N) is 1. The molecule has 4 rings (SSSR count). The maximum absolute atomic E-state index is 12.8. The summed E-state index contributed by atoms with van der Waals surface area (Å²) in [4.78, 5) is 39.1. The molecule has 0 aliphatic carbocycles. The minimum absolute atomic E-state index is 0.0263. The van der Waals surface area contributed by atoms with Crippen LogP contribution in [-0.2, 0) is 17.7 Å². The zero-order valence-corrected chi connectivity index (χ0v) is 18.3. The molecule has 0 atom stereocenters. The second-order valence-corrected chi connectivity index (χ2v) is 7.83. The van der Waals surface area contributed by atoms with Gasteiger partial charge in [0, 0.05) is 35.8 Å². The number of non-ortho nitro benzene ring substituents is 1. The Hall–Kier alpha value is -4.20. The van der Waals surface area contributed by atoms with Crippen molar-refractivity contribution in [2.24, 2.45) is 0 Å². The molecule has 0 radical (unpaired) electrons. The van der Waals surface area contributed by atoms with Gasteiger partial charge in [0.25, 0.3) is 5.69 Å². The van der Waals surface area contributed by atoms with Gasteiger partial charge in [-0.1, -0.05) is 36.4 Å². The second-order valence-electron chi connectivity index (χ2n) is 7.83. The average Bonchev–Trinajstić information content (AvgIpc) is 3.37. The number of benzene rings is 2. The summed E-state index contributed by atoms with van der Waals surface area (Å²) in [6, 6.07) is 16.4. The van der Waals surface area contributed by atoms with Crippen LogP contribution in [0, 0.1) is 24.0 Å². The van der Waals surface area contributed by atoms with E-state index in [0.717, 1.165) is 24.4 Å². The quantitative estimate of drug-likeness (QED) is 0.182. The Morgan fingerprint density at radius 2 is 1.82 bits per heavy atom. The van der Waals surface area contributed by atoms with E-state index in [1.807, 2.05) is 32.0 Å². The maximum Gasteiger partial charge on any atom is 0.341 e. The maximum atomic E-state index is 12.8. The number of aromatic nitrogens is 2. The Kier molecular flexibility index (Phi) is 6.08. The fourth-order valence-corrected chi connectivity index (χ4v) is 4.08. The number of nitro groups is 1. The van der Waals surface area contributed by atoms with Gasteiger partial charge < -0.3 is 14.3 Å². The van der Waals surface area contributed by atoms with Gasteiger partial charge in [-0.25, -0.2) is 4.79 Å². The molecule has 168 valence electrons. The highest BCUT2D eigenvalue weighted by atomic mass is 16.6. The predicted molar refractivity (Wildman–Crippen MR) is 124 cm³/mol. The molecule has 0 spiro atoms. The summed E-state index contributed by atoms with van der Waals surface area (Å²) in [6.07, 6.45) is 2.19. The largest absolute Gasteiger partial charge is 0.454 e. The predicted octanol–water partition coefficient (Wildman–Crippen LogP) is 4.78. The van der Waals surface area contributed by atoms with Crippen molar-refractivity contribution >= 4 is 28.3 Å². The second kappa shape index (κ2) is 9.12. The first-order valence-electron chi connectivity index (χ1n) is 10.5. The number of rotatable bonds is 8. The molecule has 0 fully saturated rings. The number of aryl methyl sites for hydroxylation is 2. The van der Waals surface area contributed by atoms with Crippen LogP contribution in [0.1, 0.15) is 37.7 Å². The number of ketones is 1. The molecule has 0 aliphatic rings. The van der Waals surface area contributed by atoms with Crippen LogP contribution in [0.4, 0.5) is 5.69 Å². The number of ether oxygens (including phenoxy) is 1. The van der Waals surface area contributed by atoms with Crippen molar-refractivity contribution in [2.45, 2.75) is 26.8 Å². The summed E-state index contributed by atoms with van der Waals surface area (Å²) in [5, 5.41) is 11.5. The lowest BCUT2D eigenvalue weighted by Crippen LogP contribution is -2.15. The van der Waals surface area contributed by atoms with Crippen LogP contribution in [0.2, 0.25) is 0 Å². The smallest absolute Gasteiger partial charge is 0.341 e. The summed E-state index contributed by atoms with van der Waals surface area (Å²) in [5.41, 5.74) is 3.74. The monoisotopic (exact) mass is 445 g/mol. The molecule has 0 aliphatic heterocycles. The average molecular weight is 445 g/mol. The summed E-state index contributed by atoms with van der Waals surface area (Å²) < 4.78 is 7.31. The first kappa shape index (κ1) is 22.0. The molecule has 0 bridgehead atoms. The van der Waals surface area contributed by atoms with Crippen molar-refractivity contribution in [1.29, 1.82) is 0 Å². The van der Waals surface area contributed by atoms with E-state index in [1.165, 1.54) is 23.9 Å². The third kappa shape index (κ3) is 4.41. The molecule has 33 heavy (non-hydrogen) atoms. The number of carbonyl (C=O) groups is 2. The number of esters is 1. The van der Waals surface area contributed by atoms with E-state index in [0.29, 0.717) is 11.1 Å². The van der Waals surface area contributed by atoms with Gasteiger partial charge in [-0.05, 0) is 38.0 Å². The topological polar surface area (TPSA) is 107 Å². The van der Waals surface area contributed by atoms with Crippen molar-refractivity contribution in [2.75, 3.05) is 6.61 Å². The minimum atomic E-state index is -0.790. The highest BCUT2D eigenvalue weighted by Crippen LogP contribution is 2.29. The van der Waals surface area contributed by atoms with Gasteiger partial charge in [0.1, 0.15) is 0 Å². The molecular weight excluding hydrogens is 422 g/mol. The van der Waals surface area contributed by atoms with E-state index in [9.17, 15) is 19.7 Å². The van der Waals surface area contributed by atoms with Crippen LogP contribution in [-0.4, -0.2) is 32.8 Å². The molecule has 0 amide bonds. The number of hydrogen-bond donors (Lipinski definition) is 1. The molecule has 2 heterocycles. The third-order valence-corrected chi connectivity index (χ3v) is 5.78. The van der Waals surface area contributed by atoms with Crippen LogP contribution in [0.25, 0.3) is 10.9 Å². The molecule has 0 saturated carbocycles. The Morgan fingerprint density at radius 1 is 1.06 bits per heavy atom. The molecular formula is C25H23N3O5. The van der Waals surface area contributed by atoms with Gasteiger partial charge in [0.15, 0.2) is 6.61 Å². The van der Waals surface area contributed by atoms with E-state index < -0.39 is 17.5 Å². The molecule has 1 N–H and O–H groups in total. The minimum Gasteiger partial charge on any atom is -0.454 e. The molecule has 2 aromatic heterocycles. The fraction of sp³-hybridized carbons (Fsp3) is 0.200. The standard InChI is InChI=1S/C25H23N3O5/c1-16-13-19(17(2)27(16)12-11-18-7-4-3-5-8-18)23(29)15-33-25(30)20-14-26-21-9-6-10-22(24(20)21)28(31)32/h3-10,13-14,26H,11-12,15H2,1-2H3. The zero-order valence-electron chi connectivity index (χ0n) is 18.3. The molecule has 8 heteroatoms.